The third kappa shape index (κ3) is 5.81. The van der Waals surface area contributed by atoms with Crippen LogP contribution in [0.2, 0.25) is 0 Å². The second-order valence-corrected chi connectivity index (χ2v) is 15.4. The molecule has 0 heterocycles. The van der Waals surface area contributed by atoms with Crippen LogP contribution in [0.15, 0.2) is 212 Å². The first kappa shape index (κ1) is 33.6. The average molecular weight is 716 g/mol. The second kappa shape index (κ2) is 13.7. The maximum absolute atomic E-state index is 2.49. The second-order valence-electron chi connectivity index (χ2n) is 15.4. The van der Waals surface area contributed by atoms with Crippen molar-refractivity contribution >= 4 is 27.8 Å². The molecule has 9 aromatic carbocycles. The van der Waals surface area contributed by atoms with Crippen molar-refractivity contribution in [3.63, 3.8) is 0 Å². The smallest absolute Gasteiger partial charge is 0.0543 e. The van der Waals surface area contributed by atoms with Gasteiger partial charge in [-0.3, -0.25) is 0 Å². The number of rotatable bonds is 7. The van der Waals surface area contributed by atoms with Crippen molar-refractivity contribution in [2.75, 3.05) is 4.90 Å². The van der Waals surface area contributed by atoms with Crippen LogP contribution in [0, 0.1) is 0 Å². The molecule has 0 radical (unpaired) electrons. The van der Waals surface area contributed by atoms with Gasteiger partial charge in [0.15, 0.2) is 0 Å². The molecule has 0 amide bonds. The number of hydrogen-bond acceptors (Lipinski definition) is 1. The van der Waals surface area contributed by atoms with Crippen LogP contribution in [-0.4, -0.2) is 0 Å². The summed E-state index contributed by atoms with van der Waals surface area (Å²) < 4.78 is 0. The Morgan fingerprint density at radius 3 is 1.59 bits per heavy atom. The highest BCUT2D eigenvalue weighted by atomic mass is 15.1. The van der Waals surface area contributed by atoms with Gasteiger partial charge in [0.25, 0.3) is 0 Å². The van der Waals surface area contributed by atoms with E-state index in [2.05, 4.69) is 231 Å². The van der Waals surface area contributed by atoms with Crippen molar-refractivity contribution in [3.05, 3.63) is 223 Å². The molecule has 0 N–H and O–H groups in total. The number of fused-ring (bicyclic) bond motifs is 4. The average Bonchev–Trinajstić information content (AvgIpc) is 3.50. The van der Waals surface area contributed by atoms with Crippen molar-refractivity contribution in [1.82, 2.24) is 0 Å². The fraction of sp³-hybridized carbons (Fsp3) is 0.0545. The lowest BCUT2D eigenvalue weighted by Gasteiger charge is -2.31. The van der Waals surface area contributed by atoms with E-state index in [4.69, 9.17) is 0 Å². The highest BCUT2D eigenvalue weighted by Gasteiger charge is 2.38. The Balaban J connectivity index is 1.12. The predicted octanol–water partition coefficient (Wildman–Crippen LogP) is 15.3. The van der Waals surface area contributed by atoms with E-state index in [1.165, 1.54) is 83.2 Å². The minimum Gasteiger partial charge on any atom is -0.309 e. The molecule has 0 saturated heterocycles. The van der Waals surface area contributed by atoms with E-state index < -0.39 is 0 Å². The fourth-order valence-electron chi connectivity index (χ4n) is 8.76. The molecule has 0 bridgehead atoms. The minimum atomic E-state index is -0.117. The number of nitrogens with zero attached hydrogens (tertiary/aromatic N) is 1. The maximum Gasteiger partial charge on any atom is 0.0543 e. The molecule has 0 fully saturated rings. The lowest BCUT2D eigenvalue weighted by Crippen LogP contribution is -2.16. The molecule has 1 nitrogen and oxygen atoms in total. The van der Waals surface area contributed by atoms with Gasteiger partial charge in [-0.2, -0.15) is 0 Å². The zero-order chi connectivity index (χ0) is 37.6. The number of benzene rings is 9. The molecule has 56 heavy (non-hydrogen) atoms. The van der Waals surface area contributed by atoms with Gasteiger partial charge in [0.2, 0.25) is 0 Å². The molecule has 0 saturated carbocycles. The Morgan fingerprint density at radius 2 is 0.821 bits per heavy atom. The van der Waals surface area contributed by atoms with Crippen molar-refractivity contribution in [3.8, 4) is 55.6 Å². The van der Waals surface area contributed by atoms with Gasteiger partial charge in [0, 0.05) is 22.2 Å². The number of hydrogen-bond donors (Lipinski definition) is 0. The van der Waals surface area contributed by atoms with E-state index in [1.54, 1.807) is 0 Å². The Hall–Kier alpha value is -6.96. The monoisotopic (exact) mass is 715 g/mol. The van der Waals surface area contributed by atoms with Gasteiger partial charge in [-0.15, -0.1) is 0 Å². The highest BCUT2D eigenvalue weighted by molar-refractivity contribution is 5.98. The predicted molar refractivity (Wildman–Crippen MR) is 238 cm³/mol. The van der Waals surface area contributed by atoms with Gasteiger partial charge >= 0.3 is 0 Å². The van der Waals surface area contributed by atoms with E-state index in [0.717, 1.165) is 11.4 Å². The molecule has 0 aliphatic heterocycles. The van der Waals surface area contributed by atoms with Crippen molar-refractivity contribution in [2.45, 2.75) is 19.3 Å². The summed E-state index contributed by atoms with van der Waals surface area (Å²) >= 11 is 0. The third-order valence-electron chi connectivity index (χ3n) is 11.7. The standard InChI is InChI=1S/C55H41N/c1-55(2)50-22-10-8-21-49(50)54-51(55)23-13-25-53(54)56(47-19-12-18-45(37-47)41-28-26-40(27-29-41)38-14-4-3-5-15-38)52-24-11-9-20-48(52)43-33-30-42(31-34-43)46-35-32-39-16-6-7-17-44(39)36-46/h3-37H,1-2H3. The van der Waals surface area contributed by atoms with Crippen molar-refractivity contribution in [2.24, 2.45) is 0 Å². The zero-order valence-electron chi connectivity index (χ0n) is 31.7. The quantitative estimate of drug-likeness (QED) is 0.159. The number of para-hydroxylation sites is 1. The normalized spacial score (nSPS) is 12.6. The first-order valence-corrected chi connectivity index (χ1v) is 19.5. The van der Waals surface area contributed by atoms with Gasteiger partial charge in [0.1, 0.15) is 0 Å². The van der Waals surface area contributed by atoms with Crippen LogP contribution in [0.3, 0.4) is 0 Å². The molecule has 266 valence electrons. The third-order valence-corrected chi connectivity index (χ3v) is 11.7. The summed E-state index contributed by atoms with van der Waals surface area (Å²) in [4.78, 5) is 2.49. The van der Waals surface area contributed by atoms with E-state index in [1.807, 2.05) is 0 Å². The molecule has 1 heteroatoms. The topological polar surface area (TPSA) is 3.24 Å². The summed E-state index contributed by atoms with van der Waals surface area (Å²) in [6.07, 6.45) is 0. The maximum atomic E-state index is 2.49. The number of anilines is 3. The molecule has 10 rings (SSSR count). The van der Waals surface area contributed by atoms with Crippen LogP contribution in [0.25, 0.3) is 66.4 Å². The van der Waals surface area contributed by atoms with Gasteiger partial charge in [-0.1, -0.05) is 196 Å². The molecule has 9 aromatic rings. The Kier molecular flexibility index (Phi) is 8.23. The first-order valence-electron chi connectivity index (χ1n) is 19.5. The van der Waals surface area contributed by atoms with Gasteiger partial charge in [-0.05, 0) is 96.7 Å². The van der Waals surface area contributed by atoms with Crippen LogP contribution in [0.4, 0.5) is 17.1 Å². The Labute approximate surface area is 329 Å². The largest absolute Gasteiger partial charge is 0.309 e. The molecule has 0 aromatic heterocycles. The molecular formula is C55H41N. The first-order chi connectivity index (χ1) is 27.5. The van der Waals surface area contributed by atoms with Crippen LogP contribution >= 0.6 is 0 Å². The summed E-state index contributed by atoms with van der Waals surface area (Å²) in [7, 11) is 0. The lowest BCUT2D eigenvalue weighted by molar-refractivity contribution is 0.660. The Morgan fingerprint density at radius 1 is 0.321 bits per heavy atom. The molecule has 0 atom stereocenters. The Bertz CT molecular complexity index is 2860. The van der Waals surface area contributed by atoms with Crippen LogP contribution in [0.5, 0.6) is 0 Å². The van der Waals surface area contributed by atoms with Gasteiger partial charge in [0.05, 0.1) is 11.4 Å². The van der Waals surface area contributed by atoms with Crippen LogP contribution in [0.1, 0.15) is 25.0 Å². The van der Waals surface area contributed by atoms with Gasteiger partial charge < -0.3 is 4.90 Å². The highest BCUT2D eigenvalue weighted by Crippen LogP contribution is 2.55. The summed E-state index contributed by atoms with van der Waals surface area (Å²) in [6.45, 7) is 4.72. The molecule has 1 aliphatic rings. The van der Waals surface area contributed by atoms with E-state index in [-0.39, 0.29) is 5.41 Å². The SMILES string of the molecule is CC1(C)c2ccccc2-c2c(N(c3cccc(-c4ccc(-c5ccccc5)cc4)c3)c3ccccc3-c3ccc(-c4ccc5ccccc5c4)cc3)cccc21. The summed E-state index contributed by atoms with van der Waals surface area (Å²) in [6, 6.07) is 77.6. The lowest BCUT2D eigenvalue weighted by atomic mass is 9.82. The van der Waals surface area contributed by atoms with E-state index >= 15 is 0 Å². The molecular weight excluding hydrogens is 675 g/mol. The van der Waals surface area contributed by atoms with E-state index in [0.29, 0.717) is 0 Å². The van der Waals surface area contributed by atoms with Crippen LogP contribution in [-0.2, 0) is 5.41 Å². The summed E-state index contributed by atoms with van der Waals surface area (Å²) in [5, 5.41) is 2.51. The van der Waals surface area contributed by atoms with E-state index in [9.17, 15) is 0 Å². The van der Waals surface area contributed by atoms with Gasteiger partial charge in [-0.25, -0.2) is 0 Å². The van der Waals surface area contributed by atoms with Crippen molar-refractivity contribution in [1.29, 1.82) is 0 Å². The summed E-state index contributed by atoms with van der Waals surface area (Å²) in [5.74, 6) is 0. The van der Waals surface area contributed by atoms with Crippen molar-refractivity contribution < 1.29 is 0 Å². The van der Waals surface area contributed by atoms with Crippen LogP contribution < -0.4 is 4.90 Å². The summed E-state index contributed by atoms with van der Waals surface area (Å²) in [5.41, 5.74) is 18.2. The molecule has 1 aliphatic carbocycles. The molecule has 0 spiro atoms. The zero-order valence-corrected chi connectivity index (χ0v) is 31.7. The fourth-order valence-corrected chi connectivity index (χ4v) is 8.76. The molecule has 0 unspecified atom stereocenters. The minimum absolute atomic E-state index is 0.117.